The van der Waals surface area contributed by atoms with Gasteiger partial charge >= 0.3 is 11.5 Å². The summed E-state index contributed by atoms with van der Waals surface area (Å²) >= 11 is 0. The van der Waals surface area contributed by atoms with Crippen LogP contribution in [0.2, 0.25) is 0 Å². The first kappa shape index (κ1) is 19.4. The van der Waals surface area contributed by atoms with Crippen molar-refractivity contribution >= 4 is 28.1 Å². The first-order valence-electron chi connectivity index (χ1n) is 9.77. The van der Waals surface area contributed by atoms with Crippen molar-refractivity contribution in [2.75, 3.05) is 30.9 Å². The molecule has 3 N–H and O–H groups in total. The average molecular weight is 402 g/mol. The second-order valence-electron chi connectivity index (χ2n) is 7.40. The average Bonchev–Trinajstić information content (AvgIpc) is 3.18. The summed E-state index contributed by atoms with van der Waals surface area (Å²) in [5, 5.41) is 15.8. The monoisotopic (exact) mass is 402 g/mol. The third-order valence-electron chi connectivity index (χ3n) is 5.32. The number of fused-ring (bicyclic) bond motifs is 1. The highest BCUT2D eigenvalue weighted by atomic mass is 16.6. The molecule has 0 radical (unpaired) electrons. The molecule has 30 heavy (non-hydrogen) atoms. The van der Waals surface area contributed by atoms with Crippen molar-refractivity contribution in [1.82, 2.24) is 4.98 Å². The fraction of sp³-hybridized carbons (Fsp3) is 0.174. The van der Waals surface area contributed by atoms with Crippen LogP contribution >= 0.6 is 0 Å². The minimum atomic E-state index is -0.384. The molecule has 0 aliphatic heterocycles. The van der Waals surface area contributed by atoms with Crippen molar-refractivity contribution < 1.29 is 9.91 Å². The van der Waals surface area contributed by atoms with Crippen molar-refractivity contribution in [2.24, 2.45) is 0 Å². The van der Waals surface area contributed by atoms with Crippen molar-refractivity contribution in [2.45, 2.75) is 5.92 Å². The number of hydrogen-bond donors (Lipinski definition) is 2. The van der Waals surface area contributed by atoms with Gasteiger partial charge in [0.25, 0.3) is 0 Å². The number of nitrogens with zero attached hydrogens (tertiary/aromatic N) is 2. The van der Waals surface area contributed by atoms with E-state index in [0.717, 1.165) is 27.7 Å². The number of aromatic nitrogens is 2. The Balaban J connectivity index is 1.72. The zero-order valence-corrected chi connectivity index (χ0v) is 16.9. The molecule has 0 fully saturated rings. The number of para-hydroxylation sites is 1. The third-order valence-corrected chi connectivity index (χ3v) is 5.32. The van der Waals surface area contributed by atoms with Crippen molar-refractivity contribution in [3.63, 3.8) is 0 Å². The maximum Gasteiger partial charge on any atom is 0.357 e. The Bertz CT molecular complexity index is 1170. The predicted molar refractivity (Wildman–Crippen MR) is 119 cm³/mol. The molecular formula is C23H24N5O2+. The number of H-pyrrole nitrogens is 2. The molecule has 0 aliphatic rings. The lowest BCUT2D eigenvalue weighted by Crippen LogP contribution is -2.20. The van der Waals surface area contributed by atoms with Gasteiger partial charge in [-0.05, 0) is 35.4 Å². The van der Waals surface area contributed by atoms with Crippen LogP contribution in [0.5, 0.6) is 0 Å². The van der Waals surface area contributed by atoms with E-state index in [1.54, 1.807) is 12.3 Å². The van der Waals surface area contributed by atoms with Crippen LogP contribution < -0.4 is 15.2 Å². The summed E-state index contributed by atoms with van der Waals surface area (Å²) in [6.07, 6.45) is 3.71. The highest BCUT2D eigenvalue weighted by Gasteiger charge is 2.24. The smallest absolute Gasteiger partial charge is 0.357 e. The number of benzene rings is 2. The van der Waals surface area contributed by atoms with Gasteiger partial charge in [-0.3, -0.25) is 15.4 Å². The summed E-state index contributed by atoms with van der Waals surface area (Å²) in [6, 6.07) is 19.7. The summed E-state index contributed by atoms with van der Waals surface area (Å²) in [5.74, 6) is 0.405. The highest BCUT2D eigenvalue weighted by Crippen LogP contribution is 2.32. The van der Waals surface area contributed by atoms with E-state index in [1.165, 1.54) is 6.07 Å². The van der Waals surface area contributed by atoms with Crippen LogP contribution in [0.15, 0.2) is 73.1 Å². The minimum Gasteiger partial charge on any atom is -0.378 e. The molecule has 152 valence electrons. The molecule has 2 aromatic carbocycles. The van der Waals surface area contributed by atoms with Crippen molar-refractivity contribution in [3.05, 3.63) is 94.3 Å². The van der Waals surface area contributed by atoms with E-state index < -0.39 is 0 Å². The maximum absolute atomic E-state index is 11.4. The van der Waals surface area contributed by atoms with E-state index >= 15 is 0 Å². The zero-order chi connectivity index (χ0) is 21.1. The summed E-state index contributed by atoms with van der Waals surface area (Å²) in [7, 11) is 4.02. The summed E-state index contributed by atoms with van der Waals surface area (Å²) in [5.41, 5.74) is 4.50. The van der Waals surface area contributed by atoms with Gasteiger partial charge in [0.2, 0.25) is 0 Å². The number of aromatic amines is 2. The Morgan fingerprint density at radius 3 is 2.60 bits per heavy atom. The normalized spacial score (nSPS) is 11.9. The molecular weight excluding hydrogens is 378 g/mol. The number of rotatable bonds is 7. The molecule has 0 saturated heterocycles. The van der Waals surface area contributed by atoms with Crippen molar-refractivity contribution in [3.8, 4) is 0 Å². The van der Waals surface area contributed by atoms with Crippen LogP contribution in [-0.2, 0) is 0 Å². The lowest BCUT2D eigenvalue weighted by Gasteiger charge is -2.18. The van der Waals surface area contributed by atoms with Gasteiger partial charge in [0, 0.05) is 48.9 Å². The van der Waals surface area contributed by atoms with Gasteiger partial charge in [0.15, 0.2) is 0 Å². The lowest BCUT2D eigenvalue weighted by atomic mass is 9.90. The molecule has 4 aromatic rings. The van der Waals surface area contributed by atoms with Crippen LogP contribution in [0.3, 0.4) is 0 Å². The van der Waals surface area contributed by atoms with E-state index in [-0.39, 0.29) is 16.5 Å². The lowest BCUT2D eigenvalue weighted by molar-refractivity contribution is -0.409. The fourth-order valence-corrected chi connectivity index (χ4v) is 3.72. The van der Waals surface area contributed by atoms with E-state index in [4.69, 9.17) is 0 Å². The molecule has 2 heterocycles. The Hall–Kier alpha value is -3.87. The second kappa shape index (κ2) is 8.24. The van der Waals surface area contributed by atoms with Crippen LogP contribution in [0.25, 0.3) is 10.9 Å². The Labute approximate surface area is 174 Å². The minimum absolute atomic E-state index is 0.00516. The molecule has 0 amide bonds. The van der Waals surface area contributed by atoms with Gasteiger partial charge in [-0.1, -0.05) is 30.3 Å². The van der Waals surface area contributed by atoms with E-state index in [2.05, 4.69) is 50.5 Å². The second-order valence-corrected chi connectivity index (χ2v) is 7.40. The first-order valence-corrected chi connectivity index (χ1v) is 9.77. The standard InChI is InChI=1S/C23H23N5O2/c1-27(2)17-11-9-16(10-12-17)19(20-15-25-21-7-4-3-6-18(20)21)14-26-23-22(28(29)30)8-5-13-24-23/h3-13,15,19,25H,14H2,1-2H3,(H,24,26)/p+1/t19-/m1/s1. The van der Waals surface area contributed by atoms with Gasteiger partial charge in [0.1, 0.15) is 0 Å². The number of hydrogen-bond acceptors (Lipinski definition) is 4. The number of pyridine rings is 1. The largest absolute Gasteiger partial charge is 0.378 e. The molecule has 4 rings (SSSR count). The highest BCUT2D eigenvalue weighted by molar-refractivity contribution is 5.84. The fourth-order valence-electron chi connectivity index (χ4n) is 3.72. The Morgan fingerprint density at radius 2 is 1.87 bits per heavy atom. The summed E-state index contributed by atoms with van der Waals surface area (Å²) in [4.78, 5) is 19.4. The zero-order valence-electron chi connectivity index (χ0n) is 16.9. The summed E-state index contributed by atoms with van der Waals surface area (Å²) < 4.78 is 0. The van der Waals surface area contributed by atoms with Crippen molar-refractivity contribution in [1.29, 1.82) is 0 Å². The predicted octanol–water partition coefficient (Wildman–Crippen LogP) is 4.20. The van der Waals surface area contributed by atoms with E-state index in [9.17, 15) is 10.1 Å². The van der Waals surface area contributed by atoms with Crippen LogP contribution in [-0.4, -0.2) is 30.5 Å². The van der Waals surface area contributed by atoms with E-state index in [1.807, 2.05) is 38.5 Å². The van der Waals surface area contributed by atoms with E-state index in [0.29, 0.717) is 12.4 Å². The SMILES string of the molecule is CN(C)c1ccc([C@@H](CNc2[nH+]cccc2[N+](=O)[O-])c2c[nH]c3ccccc23)cc1. The number of nitrogens with one attached hydrogen (secondary N) is 3. The molecule has 7 nitrogen and oxygen atoms in total. The quantitative estimate of drug-likeness (QED) is 0.358. The first-order chi connectivity index (χ1) is 14.5. The summed E-state index contributed by atoms with van der Waals surface area (Å²) in [6.45, 7) is 0.504. The molecule has 0 saturated carbocycles. The van der Waals surface area contributed by atoms with Gasteiger partial charge in [-0.25, -0.2) is 4.98 Å². The van der Waals surface area contributed by atoms with Gasteiger partial charge in [0.05, 0.1) is 17.7 Å². The molecule has 1 atom stereocenters. The van der Waals surface area contributed by atoms with Crippen LogP contribution in [0, 0.1) is 10.1 Å². The molecule has 2 aromatic heterocycles. The molecule has 7 heteroatoms. The Kier molecular flexibility index (Phi) is 5.34. The maximum atomic E-state index is 11.4. The number of nitro groups is 1. The van der Waals surface area contributed by atoms with Crippen LogP contribution in [0.1, 0.15) is 17.0 Å². The molecule has 0 bridgehead atoms. The molecule has 0 aliphatic carbocycles. The molecule has 0 spiro atoms. The van der Waals surface area contributed by atoms with Crippen LogP contribution in [0.4, 0.5) is 17.2 Å². The number of anilines is 2. The third kappa shape index (κ3) is 3.82. The van der Waals surface area contributed by atoms with Gasteiger partial charge in [-0.15, -0.1) is 0 Å². The topological polar surface area (TPSA) is 88.3 Å². The van der Waals surface area contributed by atoms with Gasteiger partial charge < -0.3 is 9.88 Å². The van der Waals surface area contributed by atoms with Gasteiger partial charge in [-0.2, -0.15) is 0 Å². The Morgan fingerprint density at radius 1 is 1.10 bits per heavy atom. The molecule has 0 unspecified atom stereocenters.